The zero-order chi connectivity index (χ0) is 30.0. The fraction of sp³-hybridized carbons (Fsp3) is 0.382. The van der Waals surface area contributed by atoms with Crippen LogP contribution in [0.4, 0.5) is 14.6 Å². The van der Waals surface area contributed by atoms with Gasteiger partial charge in [-0.15, -0.1) is 6.42 Å². The summed E-state index contributed by atoms with van der Waals surface area (Å²) in [4.78, 5) is 18.5. The van der Waals surface area contributed by atoms with Crippen LogP contribution in [0.15, 0.2) is 48.4 Å². The fourth-order valence-electron chi connectivity index (χ4n) is 7.86. The number of phenols is 1. The van der Waals surface area contributed by atoms with Crippen LogP contribution in [0.5, 0.6) is 11.8 Å². The van der Waals surface area contributed by atoms with Gasteiger partial charge in [-0.2, -0.15) is 9.97 Å². The van der Waals surface area contributed by atoms with E-state index in [2.05, 4.69) is 31.0 Å². The van der Waals surface area contributed by atoms with Crippen molar-refractivity contribution in [3.63, 3.8) is 0 Å². The summed E-state index contributed by atoms with van der Waals surface area (Å²) in [6.07, 6.45) is 12.8. The highest BCUT2D eigenvalue weighted by Gasteiger charge is 2.47. The van der Waals surface area contributed by atoms with Gasteiger partial charge in [-0.3, -0.25) is 9.88 Å². The molecule has 0 radical (unpaired) electrons. The molecule has 3 unspecified atom stereocenters. The van der Waals surface area contributed by atoms with E-state index in [1.165, 1.54) is 6.07 Å². The summed E-state index contributed by atoms with van der Waals surface area (Å²) in [7, 11) is 0. The molecular formula is C34H32F2N6O2. The van der Waals surface area contributed by atoms with Crippen LogP contribution < -0.4 is 15.0 Å². The number of nitrogens with zero attached hydrogens (tertiary/aromatic N) is 5. The minimum Gasteiger partial charge on any atom is -0.508 e. The Morgan fingerprint density at radius 1 is 1.20 bits per heavy atom. The van der Waals surface area contributed by atoms with Gasteiger partial charge >= 0.3 is 6.01 Å². The zero-order valence-corrected chi connectivity index (χ0v) is 24.2. The number of anilines is 1. The molecule has 4 aromatic rings. The number of hydrogen-bond donors (Lipinski definition) is 2. The smallest absolute Gasteiger partial charge is 0.319 e. The van der Waals surface area contributed by atoms with Gasteiger partial charge in [-0.05, 0) is 67.8 Å². The summed E-state index contributed by atoms with van der Waals surface area (Å²) in [5.74, 6) is 2.60. The van der Waals surface area contributed by atoms with Crippen molar-refractivity contribution in [2.24, 2.45) is 0 Å². The number of halogens is 2. The van der Waals surface area contributed by atoms with Crippen LogP contribution in [0.25, 0.3) is 32.9 Å². The molecule has 4 fully saturated rings. The molecule has 4 aliphatic heterocycles. The van der Waals surface area contributed by atoms with Crippen LogP contribution in [-0.4, -0.2) is 75.4 Å². The number of aromatic hydroxyl groups is 1. The molecule has 2 N–H and O–H groups in total. The Bertz CT molecular complexity index is 1880. The van der Waals surface area contributed by atoms with Crippen molar-refractivity contribution in [1.82, 2.24) is 25.2 Å². The number of nitrogens with one attached hydrogen (secondary N) is 1. The Kier molecular flexibility index (Phi) is 6.43. The van der Waals surface area contributed by atoms with Crippen LogP contribution in [-0.2, 0) is 0 Å². The number of fused-ring (bicyclic) bond motifs is 5. The summed E-state index contributed by atoms with van der Waals surface area (Å²) in [5, 5.41) is 16.0. The van der Waals surface area contributed by atoms with Crippen LogP contribution >= 0.6 is 0 Å². The molecule has 10 heteroatoms. The van der Waals surface area contributed by atoms with Crippen molar-refractivity contribution >= 4 is 27.5 Å². The Morgan fingerprint density at radius 3 is 2.84 bits per heavy atom. The van der Waals surface area contributed by atoms with E-state index in [1.807, 2.05) is 6.07 Å². The lowest BCUT2D eigenvalue weighted by Gasteiger charge is -2.34. The second-order valence-electron chi connectivity index (χ2n) is 12.6. The second-order valence-corrected chi connectivity index (χ2v) is 12.6. The quantitative estimate of drug-likeness (QED) is 0.310. The second kappa shape index (κ2) is 10.4. The summed E-state index contributed by atoms with van der Waals surface area (Å²) < 4.78 is 36.6. The first-order chi connectivity index (χ1) is 21.4. The molecule has 3 atom stereocenters. The average Bonchev–Trinajstić information content (AvgIpc) is 3.70. The number of hydrogen-bond acceptors (Lipinski definition) is 8. The molecule has 4 saturated heterocycles. The predicted octanol–water partition coefficient (Wildman–Crippen LogP) is 5.08. The van der Waals surface area contributed by atoms with Gasteiger partial charge in [0, 0.05) is 54.4 Å². The summed E-state index contributed by atoms with van der Waals surface area (Å²) in [6, 6.07) is 9.23. The number of pyridine rings is 1. The molecule has 44 heavy (non-hydrogen) atoms. The van der Waals surface area contributed by atoms with E-state index >= 15 is 4.39 Å². The molecule has 2 bridgehead atoms. The van der Waals surface area contributed by atoms with Gasteiger partial charge in [0.2, 0.25) is 0 Å². The lowest BCUT2D eigenvalue weighted by atomic mass is 9.94. The molecule has 6 heterocycles. The minimum absolute atomic E-state index is 0.0229. The van der Waals surface area contributed by atoms with Crippen LogP contribution in [0, 0.1) is 18.2 Å². The van der Waals surface area contributed by atoms with Gasteiger partial charge in [0.15, 0.2) is 5.82 Å². The van der Waals surface area contributed by atoms with Crippen molar-refractivity contribution in [3.05, 3.63) is 59.8 Å². The van der Waals surface area contributed by atoms with Gasteiger partial charge in [0.1, 0.15) is 29.4 Å². The molecule has 8 rings (SSSR count). The number of aromatic nitrogens is 3. The third-order valence-corrected chi connectivity index (χ3v) is 9.85. The minimum atomic E-state index is -0.642. The summed E-state index contributed by atoms with van der Waals surface area (Å²) in [5.41, 5.74) is 1.52. The average molecular weight is 595 g/mol. The van der Waals surface area contributed by atoms with E-state index in [4.69, 9.17) is 16.1 Å². The number of piperazine rings is 1. The first kappa shape index (κ1) is 27.2. The van der Waals surface area contributed by atoms with Crippen molar-refractivity contribution in [2.75, 3.05) is 37.7 Å². The third-order valence-electron chi connectivity index (χ3n) is 9.85. The SMILES string of the molecule is C#Cc1cccc2cc(O)cc(-c3ncc4c(N5CC6CCC(C5)N6)nc(OCC56CCCN5C/C(=C\F)C6)nc4c3F)c12. The van der Waals surface area contributed by atoms with E-state index in [0.29, 0.717) is 64.5 Å². The molecule has 0 amide bonds. The highest BCUT2D eigenvalue weighted by molar-refractivity contribution is 6.02. The summed E-state index contributed by atoms with van der Waals surface area (Å²) >= 11 is 0. The molecule has 0 aliphatic carbocycles. The first-order valence-electron chi connectivity index (χ1n) is 15.2. The molecule has 2 aromatic carbocycles. The summed E-state index contributed by atoms with van der Waals surface area (Å²) in [6.45, 7) is 3.22. The Balaban J connectivity index is 1.26. The van der Waals surface area contributed by atoms with Gasteiger partial charge in [-0.25, -0.2) is 8.78 Å². The molecule has 2 aromatic heterocycles. The van der Waals surface area contributed by atoms with Crippen molar-refractivity contribution in [1.29, 1.82) is 0 Å². The lowest BCUT2D eigenvalue weighted by molar-refractivity contribution is 0.108. The maximum Gasteiger partial charge on any atom is 0.319 e. The van der Waals surface area contributed by atoms with Crippen LogP contribution in [0.1, 0.15) is 37.7 Å². The standard InChI is InChI=1S/C34H32F2N6O2/c1-2-21-5-3-6-22-11-25(43)12-26(28(21)22)30-29(36)31-27(15-37-30)32(41-17-23-7-8-24(18-41)38-23)40-33(39-31)44-19-34-9-4-10-42(34)16-20(13-34)14-35/h1,3,5-6,11-12,14-15,23-24,38,43H,4,7-10,13,16-19H2/b20-14-. The van der Waals surface area contributed by atoms with Crippen LogP contribution in [0.3, 0.4) is 0 Å². The molecular weight excluding hydrogens is 562 g/mol. The number of benzene rings is 2. The highest BCUT2D eigenvalue weighted by Crippen LogP contribution is 2.42. The fourth-order valence-corrected chi connectivity index (χ4v) is 7.86. The molecule has 8 nitrogen and oxygen atoms in total. The van der Waals surface area contributed by atoms with E-state index < -0.39 is 5.82 Å². The monoisotopic (exact) mass is 594 g/mol. The van der Waals surface area contributed by atoms with Crippen molar-refractivity contribution in [3.8, 4) is 35.4 Å². The predicted molar refractivity (Wildman–Crippen MR) is 165 cm³/mol. The Morgan fingerprint density at radius 2 is 2.05 bits per heavy atom. The Hall–Kier alpha value is -4.33. The Labute approximate surface area is 253 Å². The third kappa shape index (κ3) is 4.37. The molecule has 0 saturated carbocycles. The normalized spacial score (nSPS) is 25.7. The molecule has 4 aliphatic rings. The largest absolute Gasteiger partial charge is 0.508 e. The van der Waals surface area contributed by atoms with E-state index in [9.17, 15) is 9.50 Å². The maximum atomic E-state index is 16.8. The van der Waals surface area contributed by atoms with Crippen molar-refractivity contribution in [2.45, 2.75) is 49.7 Å². The topological polar surface area (TPSA) is 86.6 Å². The highest BCUT2D eigenvalue weighted by atomic mass is 19.1. The van der Waals surface area contributed by atoms with E-state index in [0.717, 1.165) is 50.9 Å². The zero-order valence-electron chi connectivity index (χ0n) is 24.2. The number of phenolic OH excluding ortho intramolecular Hbond substituents is 1. The number of rotatable bonds is 5. The molecule has 0 spiro atoms. The van der Waals surface area contributed by atoms with Gasteiger partial charge in [0.25, 0.3) is 0 Å². The number of terminal acetylenes is 1. The van der Waals surface area contributed by atoms with E-state index in [1.54, 1.807) is 24.4 Å². The number of ether oxygens (including phenoxy) is 1. The van der Waals surface area contributed by atoms with Crippen LogP contribution in [0.2, 0.25) is 0 Å². The van der Waals surface area contributed by atoms with Gasteiger partial charge < -0.3 is 20.1 Å². The van der Waals surface area contributed by atoms with Gasteiger partial charge in [-0.1, -0.05) is 18.1 Å². The van der Waals surface area contributed by atoms with Gasteiger partial charge in [0.05, 0.1) is 17.3 Å². The van der Waals surface area contributed by atoms with E-state index in [-0.39, 0.29) is 35.1 Å². The first-order valence-corrected chi connectivity index (χ1v) is 15.2. The lowest BCUT2D eigenvalue weighted by Crippen LogP contribution is -2.51. The van der Waals surface area contributed by atoms with Crippen molar-refractivity contribution < 1.29 is 18.6 Å². The maximum absolute atomic E-state index is 16.8. The molecule has 224 valence electrons.